The van der Waals surface area contributed by atoms with Crippen LogP contribution in [0, 0.1) is 12.8 Å². The van der Waals surface area contributed by atoms with Crippen molar-refractivity contribution in [1.82, 2.24) is 25.2 Å². The topological polar surface area (TPSA) is 242 Å². The van der Waals surface area contributed by atoms with Crippen LogP contribution in [0.4, 0.5) is 16.2 Å². The number of likely N-dealkylation sites (N-methyl/N-ethyl adjacent to an activating group) is 1. The number of carbonyl (C=O) groups is 6. The van der Waals surface area contributed by atoms with Gasteiger partial charge in [-0.2, -0.15) is 4.31 Å². The fourth-order valence-corrected chi connectivity index (χ4v) is 8.56. The Morgan fingerprint density at radius 1 is 0.905 bits per heavy atom. The molecule has 0 aliphatic carbocycles. The van der Waals surface area contributed by atoms with Gasteiger partial charge in [0.2, 0.25) is 33.7 Å². The van der Waals surface area contributed by atoms with Crippen molar-refractivity contribution in [2.75, 3.05) is 57.7 Å². The second-order valence-electron chi connectivity index (χ2n) is 15.7. The highest BCUT2D eigenvalue weighted by Crippen LogP contribution is 2.27. The molecule has 6 amide bonds. The van der Waals surface area contributed by atoms with Gasteiger partial charge in [0.15, 0.2) is 0 Å². The van der Waals surface area contributed by atoms with E-state index in [1.807, 2.05) is 39.0 Å². The molecular formula is C44H59N7O11S. The molecule has 4 rings (SSSR count). The van der Waals surface area contributed by atoms with Gasteiger partial charge in [0.1, 0.15) is 18.1 Å². The van der Waals surface area contributed by atoms with Gasteiger partial charge in [0, 0.05) is 51.1 Å². The second kappa shape index (κ2) is 24.1. The van der Waals surface area contributed by atoms with Crippen molar-refractivity contribution in [3.8, 4) is 0 Å². The average Bonchev–Trinajstić information content (AvgIpc) is 3.68. The van der Waals surface area contributed by atoms with E-state index in [0.29, 0.717) is 30.0 Å². The molecule has 1 aliphatic rings. The van der Waals surface area contributed by atoms with Crippen molar-refractivity contribution in [1.29, 1.82) is 0 Å². The molecule has 3 aromatic rings. The molecule has 0 saturated carbocycles. The molecule has 0 bridgehead atoms. The predicted molar refractivity (Wildman–Crippen MR) is 235 cm³/mol. The van der Waals surface area contributed by atoms with Crippen molar-refractivity contribution in [3.63, 3.8) is 0 Å². The quantitative estimate of drug-likeness (QED) is 0.0756. The maximum Gasteiger partial charge on any atom is 0.326 e. The van der Waals surface area contributed by atoms with Crippen molar-refractivity contribution in [2.24, 2.45) is 5.92 Å². The van der Waals surface area contributed by atoms with Crippen LogP contribution in [-0.4, -0.2) is 130 Å². The first-order valence-corrected chi connectivity index (χ1v) is 22.2. The number of aryl methyl sites for hydroxylation is 1. The molecule has 63 heavy (non-hydrogen) atoms. The third kappa shape index (κ3) is 15.2. The highest BCUT2D eigenvalue weighted by molar-refractivity contribution is 7.89. The van der Waals surface area contributed by atoms with Crippen LogP contribution in [0.5, 0.6) is 0 Å². The molecule has 1 aliphatic heterocycles. The van der Waals surface area contributed by atoms with Crippen LogP contribution >= 0.6 is 0 Å². The van der Waals surface area contributed by atoms with Gasteiger partial charge in [-0.3, -0.25) is 19.2 Å². The molecule has 19 heteroatoms. The molecule has 0 spiro atoms. The molecule has 0 radical (unpaired) electrons. The molecule has 6 N–H and O–H groups in total. The zero-order chi connectivity index (χ0) is 46.1. The summed E-state index contributed by atoms with van der Waals surface area (Å²) in [4.78, 5) is 79.7. The Bertz CT molecular complexity index is 2140. The van der Waals surface area contributed by atoms with Crippen LogP contribution in [0.1, 0.15) is 50.7 Å². The zero-order valence-electron chi connectivity index (χ0n) is 36.3. The SMILES string of the molecule is COCCOCCC(=O)N[C@@H]1C[C@@H](C(=O)N[C@@H](CCNC(=O)[C@H](CC(C)C)N(C)C(=O)Cc2ccc(NC(=O)Nc3ccccc3C)cc2)C(=O)O)N(S(=O)(=O)c2ccccc2)C1. The summed E-state index contributed by atoms with van der Waals surface area (Å²) in [6.45, 7) is 5.99. The van der Waals surface area contributed by atoms with Gasteiger partial charge in [0.25, 0.3) is 0 Å². The minimum Gasteiger partial charge on any atom is -0.480 e. The first-order chi connectivity index (χ1) is 30.0. The Morgan fingerprint density at radius 2 is 1.59 bits per heavy atom. The van der Waals surface area contributed by atoms with E-state index in [0.717, 1.165) is 9.87 Å². The number of aliphatic carboxylic acids is 1. The number of urea groups is 1. The summed E-state index contributed by atoms with van der Waals surface area (Å²) in [6.07, 6.45) is -0.128. The summed E-state index contributed by atoms with van der Waals surface area (Å²) in [5, 5.41) is 23.6. The van der Waals surface area contributed by atoms with E-state index in [2.05, 4.69) is 26.6 Å². The standard InChI is InChI=1S/C44H59N7O11S/c1-29(2)25-37(50(4)40(53)26-31-15-17-32(18-16-31)47-44(58)49-35-14-10-9-11-30(35)3)41(54)45-21-19-36(43(56)57)48-42(55)38-27-33(46-39(52)20-22-62-24-23-61-5)28-51(38)63(59,60)34-12-7-6-8-13-34/h6-18,29,33,36-38H,19-28H2,1-5H3,(H,45,54)(H,46,52)(H,48,55)(H,56,57)(H2,47,49,58)/t33-,36+,37+,38+/m1/s1. The molecule has 0 unspecified atom stereocenters. The van der Waals surface area contributed by atoms with Gasteiger partial charge >= 0.3 is 12.0 Å². The van der Waals surface area contributed by atoms with Crippen LogP contribution in [0.3, 0.4) is 0 Å². The third-order valence-corrected chi connectivity index (χ3v) is 12.2. The maximum absolute atomic E-state index is 13.8. The number of para-hydroxylation sites is 1. The number of anilines is 2. The second-order valence-corrected chi connectivity index (χ2v) is 17.5. The lowest BCUT2D eigenvalue weighted by Gasteiger charge is -2.29. The fourth-order valence-electron chi connectivity index (χ4n) is 6.90. The predicted octanol–water partition coefficient (Wildman–Crippen LogP) is 3.13. The minimum atomic E-state index is -4.26. The number of nitrogens with zero attached hydrogens (tertiary/aromatic N) is 2. The normalized spacial score (nSPS) is 16.1. The Balaban J connectivity index is 1.35. The van der Waals surface area contributed by atoms with Crippen LogP contribution in [0.15, 0.2) is 83.8 Å². The number of benzene rings is 3. The number of amides is 6. The number of nitrogens with one attached hydrogen (secondary N) is 5. The lowest BCUT2D eigenvalue weighted by atomic mass is 10.0. The fraction of sp³-hybridized carbons (Fsp3) is 0.455. The molecule has 1 saturated heterocycles. The van der Waals surface area contributed by atoms with Gasteiger partial charge < -0.3 is 46.1 Å². The van der Waals surface area contributed by atoms with Crippen LogP contribution < -0.4 is 26.6 Å². The number of sulfonamides is 1. The molecule has 3 aromatic carbocycles. The van der Waals surface area contributed by atoms with Gasteiger partial charge in [-0.15, -0.1) is 0 Å². The van der Waals surface area contributed by atoms with E-state index in [1.165, 1.54) is 43.3 Å². The van der Waals surface area contributed by atoms with E-state index in [4.69, 9.17) is 9.47 Å². The number of ether oxygens (including phenoxy) is 2. The Hall–Kier alpha value is -5.89. The summed E-state index contributed by atoms with van der Waals surface area (Å²) in [5.74, 6) is -3.58. The van der Waals surface area contributed by atoms with Gasteiger partial charge in [-0.25, -0.2) is 18.0 Å². The Kier molecular flexibility index (Phi) is 19.0. The van der Waals surface area contributed by atoms with E-state index < -0.39 is 63.9 Å². The van der Waals surface area contributed by atoms with E-state index in [9.17, 15) is 42.3 Å². The highest BCUT2D eigenvalue weighted by Gasteiger charge is 2.45. The Morgan fingerprint density at radius 3 is 2.24 bits per heavy atom. The zero-order valence-corrected chi connectivity index (χ0v) is 37.1. The van der Waals surface area contributed by atoms with Crippen molar-refractivity contribution in [2.45, 2.75) is 81.9 Å². The molecule has 1 fully saturated rings. The van der Waals surface area contributed by atoms with Gasteiger partial charge in [0.05, 0.1) is 31.1 Å². The summed E-state index contributed by atoms with van der Waals surface area (Å²) < 4.78 is 38.8. The van der Waals surface area contributed by atoms with Crippen molar-refractivity contribution < 1.29 is 51.8 Å². The lowest BCUT2D eigenvalue weighted by molar-refractivity contribution is -0.142. The number of carbonyl (C=O) groups excluding carboxylic acids is 5. The largest absolute Gasteiger partial charge is 0.480 e. The first kappa shape index (κ1) is 49.8. The maximum atomic E-state index is 13.8. The first-order valence-electron chi connectivity index (χ1n) is 20.7. The number of hydrogen-bond donors (Lipinski definition) is 6. The molecule has 4 atom stereocenters. The minimum absolute atomic E-state index is 0.00240. The number of rotatable bonds is 23. The number of carboxylic acid groups (broad SMARTS) is 1. The molecule has 0 aromatic heterocycles. The van der Waals surface area contributed by atoms with E-state index in [-0.39, 0.29) is 68.7 Å². The monoisotopic (exact) mass is 893 g/mol. The van der Waals surface area contributed by atoms with Gasteiger partial charge in [-0.05, 0) is 73.6 Å². The van der Waals surface area contributed by atoms with E-state index in [1.54, 1.807) is 36.4 Å². The van der Waals surface area contributed by atoms with Gasteiger partial charge in [-0.1, -0.05) is 62.4 Å². The number of methoxy groups -OCH3 is 1. The highest BCUT2D eigenvalue weighted by atomic mass is 32.2. The molecule has 1 heterocycles. The third-order valence-electron chi connectivity index (χ3n) is 10.3. The number of carboxylic acids is 1. The molecular weight excluding hydrogens is 835 g/mol. The molecule has 18 nitrogen and oxygen atoms in total. The van der Waals surface area contributed by atoms with Crippen LogP contribution in [0.2, 0.25) is 0 Å². The van der Waals surface area contributed by atoms with Crippen molar-refractivity contribution >= 4 is 57.0 Å². The van der Waals surface area contributed by atoms with Crippen LogP contribution in [0.25, 0.3) is 0 Å². The van der Waals surface area contributed by atoms with Crippen molar-refractivity contribution in [3.05, 3.63) is 90.0 Å². The smallest absolute Gasteiger partial charge is 0.326 e. The lowest BCUT2D eigenvalue weighted by Crippen LogP contribution is -2.52. The summed E-state index contributed by atoms with van der Waals surface area (Å²) >= 11 is 0. The summed E-state index contributed by atoms with van der Waals surface area (Å²) in [5.41, 5.74) is 2.75. The van der Waals surface area contributed by atoms with E-state index >= 15 is 0 Å². The van der Waals surface area contributed by atoms with Crippen LogP contribution in [-0.2, 0) is 49.9 Å². The average molecular weight is 894 g/mol. The Labute approximate surface area is 368 Å². The summed E-state index contributed by atoms with van der Waals surface area (Å²) in [6, 6.07) is 16.6. The molecule has 342 valence electrons. The summed E-state index contributed by atoms with van der Waals surface area (Å²) in [7, 11) is -1.22. The number of hydrogen-bond acceptors (Lipinski definition) is 10.